The highest BCUT2D eigenvalue weighted by molar-refractivity contribution is 5.88. The van der Waals surface area contributed by atoms with Crippen molar-refractivity contribution in [3.8, 4) is 16.9 Å². The number of benzene rings is 2. The Morgan fingerprint density at radius 3 is 2.14 bits per heavy atom. The minimum absolute atomic E-state index is 0.0820. The van der Waals surface area contributed by atoms with E-state index in [2.05, 4.69) is 4.74 Å². The molecule has 0 aromatic heterocycles. The molecule has 2 aromatic carbocycles. The largest absolute Gasteiger partial charge is 0.573 e. The summed E-state index contributed by atoms with van der Waals surface area (Å²) in [4.78, 5) is 10.7. The molecule has 0 unspecified atom stereocenters. The third kappa shape index (κ3) is 3.71. The molecule has 3 nitrogen and oxygen atoms in total. The average Bonchev–Trinajstić information content (AvgIpc) is 2.38. The molecule has 2 aromatic rings. The van der Waals surface area contributed by atoms with Crippen LogP contribution in [0.5, 0.6) is 5.75 Å². The maximum absolute atomic E-state index is 13.8. The standard InChI is InChI=1S/C14H8F4O3/c15-12-7-9(13(19)20)3-6-11(12)8-1-4-10(5-2-8)21-14(16,17)18/h1-7H,(H,19,20). The fraction of sp³-hybridized carbons (Fsp3) is 0.0714. The number of rotatable bonds is 3. The Kier molecular flexibility index (Phi) is 3.84. The van der Waals surface area contributed by atoms with Gasteiger partial charge in [0.2, 0.25) is 0 Å². The van der Waals surface area contributed by atoms with Gasteiger partial charge < -0.3 is 9.84 Å². The Morgan fingerprint density at radius 1 is 1.05 bits per heavy atom. The number of hydrogen-bond donors (Lipinski definition) is 1. The van der Waals surface area contributed by atoms with E-state index in [1.807, 2.05) is 0 Å². The van der Waals surface area contributed by atoms with Gasteiger partial charge in [0.05, 0.1) is 5.56 Å². The van der Waals surface area contributed by atoms with Crippen molar-refractivity contribution >= 4 is 5.97 Å². The molecule has 0 fully saturated rings. The van der Waals surface area contributed by atoms with Crippen molar-refractivity contribution < 1.29 is 32.2 Å². The van der Waals surface area contributed by atoms with E-state index in [9.17, 15) is 22.4 Å². The fourth-order valence-corrected chi connectivity index (χ4v) is 1.72. The minimum Gasteiger partial charge on any atom is -0.478 e. The molecular weight excluding hydrogens is 292 g/mol. The van der Waals surface area contributed by atoms with Crippen molar-refractivity contribution in [1.82, 2.24) is 0 Å². The molecule has 7 heteroatoms. The molecule has 0 saturated heterocycles. The van der Waals surface area contributed by atoms with Crippen molar-refractivity contribution in [2.45, 2.75) is 6.36 Å². The van der Waals surface area contributed by atoms with Gasteiger partial charge in [-0.15, -0.1) is 13.2 Å². The third-order valence-electron chi connectivity index (χ3n) is 2.61. The number of carbonyl (C=O) groups is 1. The van der Waals surface area contributed by atoms with Gasteiger partial charge in [0, 0.05) is 5.56 Å². The van der Waals surface area contributed by atoms with Crippen molar-refractivity contribution in [2.75, 3.05) is 0 Å². The summed E-state index contributed by atoms with van der Waals surface area (Å²) in [6, 6.07) is 7.90. The van der Waals surface area contributed by atoms with Gasteiger partial charge in [-0.2, -0.15) is 0 Å². The predicted molar refractivity (Wildman–Crippen MR) is 65.5 cm³/mol. The van der Waals surface area contributed by atoms with Crippen LogP contribution >= 0.6 is 0 Å². The summed E-state index contributed by atoms with van der Waals surface area (Å²) in [7, 11) is 0. The lowest BCUT2D eigenvalue weighted by molar-refractivity contribution is -0.274. The van der Waals surface area contributed by atoms with Gasteiger partial charge in [-0.3, -0.25) is 0 Å². The number of hydrogen-bond acceptors (Lipinski definition) is 2. The lowest BCUT2D eigenvalue weighted by atomic mass is 10.0. The van der Waals surface area contributed by atoms with E-state index in [0.717, 1.165) is 18.2 Å². The zero-order valence-electron chi connectivity index (χ0n) is 10.3. The molecule has 0 aliphatic carbocycles. The van der Waals surface area contributed by atoms with E-state index in [-0.39, 0.29) is 11.1 Å². The summed E-state index contributed by atoms with van der Waals surface area (Å²) in [5.74, 6) is -2.47. The molecule has 0 aliphatic rings. The highest BCUT2D eigenvalue weighted by Gasteiger charge is 2.30. The van der Waals surface area contributed by atoms with Crippen LogP contribution in [-0.2, 0) is 0 Å². The molecule has 1 N–H and O–H groups in total. The minimum atomic E-state index is -4.80. The first-order valence-electron chi connectivity index (χ1n) is 5.65. The van der Waals surface area contributed by atoms with E-state index in [4.69, 9.17) is 5.11 Å². The summed E-state index contributed by atoms with van der Waals surface area (Å²) in [5.41, 5.74) is 0.172. The van der Waals surface area contributed by atoms with Gasteiger partial charge >= 0.3 is 12.3 Å². The molecule has 110 valence electrons. The third-order valence-corrected chi connectivity index (χ3v) is 2.61. The summed E-state index contributed by atoms with van der Waals surface area (Å²) >= 11 is 0. The van der Waals surface area contributed by atoms with Crippen LogP contribution in [0.25, 0.3) is 11.1 Å². The van der Waals surface area contributed by atoms with Crippen LogP contribution in [0, 0.1) is 5.82 Å². The predicted octanol–water partition coefficient (Wildman–Crippen LogP) is 4.09. The van der Waals surface area contributed by atoms with Gasteiger partial charge in [0.15, 0.2) is 0 Å². The van der Waals surface area contributed by atoms with E-state index >= 15 is 0 Å². The molecule has 0 spiro atoms. The van der Waals surface area contributed by atoms with Crippen molar-refractivity contribution in [1.29, 1.82) is 0 Å². The second-order valence-corrected chi connectivity index (χ2v) is 4.07. The Bertz CT molecular complexity index is 663. The van der Waals surface area contributed by atoms with Crippen LogP contribution in [0.4, 0.5) is 17.6 Å². The molecule has 0 saturated carbocycles. The Morgan fingerprint density at radius 2 is 1.67 bits per heavy atom. The molecular formula is C14H8F4O3. The second-order valence-electron chi connectivity index (χ2n) is 4.07. The van der Waals surface area contributed by atoms with Gasteiger partial charge in [0.25, 0.3) is 0 Å². The second kappa shape index (κ2) is 5.43. The lowest BCUT2D eigenvalue weighted by Crippen LogP contribution is -2.16. The topological polar surface area (TPSA) is 46.5 Å². The number of aromatic carboxylic acids is 1. The average molecular weight is 300 g/mol. The Labute approximate surface area is 116 Å². The van der Waals surface area contributed by atoms with Crippen LogP contribution in [0.2, 0.25) is 0 Å². The highest BCUT2D eigenvalue weighted by Crippen LogP contribution is 2.28. The molecule has 21 heavy (non-hydrogen) atoms. The summed E-state index contributed by atoms with van der Waals surface area (Å²) < 4.78 is 53.5. The maximum Gasteiger partial charge on any atom is 0.573 e. The van der Waals surface area contributed by atoms with Gasteiger partial charge in [-0.25, -0.2) is 9.18 Å². The normalized spacial score (nSPS) is 11.2. The van der Waals surface area contributed by atoms with Crippen LogP contribution in [0.3, 0.4) is 0 Å². The SMILES string of the molecule is O=C(O)c1ccc(-c2ccc(OC(F)(F)F)cc2)c(F)c1. The Balaban J connectivity index is 2.29. The highest BCUT2D eigenvalue weighted by atomic mass is 19.4. The monoisotopic (exact) mass is 300 g/mol. The van der Waals surface area contributed by atoms with Crippen molar-refractivity contribution in [2.24, 2.45) is 0 Å². The van der Waals surface area contributed by atoms with E-state index < -0.39 is 23.9 Å². The first-order chi connectivity index (χ1) is 9.76. The van der Waals surface area contributed by atoms with Gasteiger partial charge in [-0.1, -0.05) is 18.2 Å². The zero-order chi connectivity index (χ0) is 15.6. The van der Waals surface area contributed by atoms with E-state index in [0.29, 0.717) is 5.56 Å². The summed E-state index contributed by atoms with van der Waals surface area (Å²) in [6.07, 6.45) is -4.80. The first-order valence-corrected chi connectivity index (χ1v) is 5.65. The van der Waals surface area contributed by atoms with Crippen LogP contribution < -0.4 is 4.74 Å². The molecule has 0 radical (unpaired) electrons. The Hall–Kier alpha value is -2.57. The maximum atomic E-state index is 13.8. The smallest absolute Gasteiger partial charge is 0.478 e. The molecule has 0 aliphatic heterocycles. The first kappa shape index (κ1) is 14.8. The van der Waals surface area contributed by atoms with Crippen molar-refractivity contribution in [3.05, 3.63) is 53.8 Å². The van der Waals surface area contributed by atoms with Crippen LogP contribution in [-0.4, -0.2) is 17.4 Å². The van der Waals surface area contributed by atoms with E-state index in [1.54, 1.807) is 0 Å². The number of carboxylic acid groups (broad SMARTS) is 1. The summed E-state index contributed by atoms with van der Waals surface area (Å²) in [5, 5.41) is 8.73. The van der Waals surface area contributed by atoms with E-state index in [1.165, 1.54) is 24.3 Å². The number of ether oxygens (including phenoxy) is 1. The number of alkyl halides is 3. The lowest BCUT2D eigenvalue weighted by Gasteiger charge is -2.10. The van der Waals surface area contributed by atoms with Crippen LogP contribution in [0.15, 0.2) is 42.5 Å². The molecule has 2 rings (SSSR count). The van der Waals surface area contributed by atoms with Gasteiger partial charge in [-0.05, 0) is 29.8 Å². The molecule has 0 amide bonds. The van der Waals surface area contributed by atoms with Crippen LogP contribution in [0.1, 0.15) is 10.4 Å². The van der Waals surface area contributed by atoms with Crippen molar-refractivity contribution in [3.63, 3.8) is 0 Å². The molecule has 0 heterocycles. The molecule has 0 atom stereocenters. The number of halogens is 4. The fourth-order valence-electron chi connectivity index (χ4n) is 1.72. The zero-order valence-corrected chi connectivity index (χ0v) is 10.3. The number of carboxylic acids is 1. The van der Waals surface area contributed by atoms with Gasteiger partial charge in [0.1, 0.15) is 11.6 Å². The molecule has 0 bridgehead atoms. The summed E-state index contributed by atoms with van der Waals surface area (Å²) in [6.45, 7) is 0. The quantitative estimate of drug-likeness (QED) is 0.868.